The van der Waals surface area contributed by atoms with E-state index in [1.54, 1.807) is 38.1 Å². The van der Waals surface area contributed by atoms with Crippen LogP contribution in [0.15, 0.2) is 36.5 Å². The summed E-state index contributed by atoms with van der Waals surface area (Å²) in [5.41, 5.74) is 1.11. The van der Waals surface area contributed by atoms with Gasteiger partial charge in [-0.25, -0.2) is 4.39 Å². The second-order valence-corrected chi connectivity index (χ2v) is 4.11. The van der Waals surface area contributed by atoms with Gasteiger partial charge in [0.1, 0.15) is 17.3 Å². The number of benzene rings is 1. The van der Waals surface area contributed by atoms with E-state index < -0.39 is 6.10 Å². The maximum absolute atomic E-state index is 13.1. The number of rotatable bonds is 3. The van der Waals surface area contributed by atoms with Crippen LogP contribution >= 0.6 is 0 Å². The molecule has 2 aromatic rings. The van der Waals surface area contributed by atoms with E-state index in [0.29, 0.717) is 22.8 Å². The lowest BCUT2D eigenvalue weighted by Gasteiger charge is -2.08. The molecule has 4 heteroatoms. The molecular weight excluding hydrogens is 233 g/mol. The summed E-state index contributed by atoms with van der Waals surface area (Å²) in [6, 6.07) is 7.95. The van der Waals surface area contributed by atoms with Gasteiger partial charge >= 0.3 is 0 Å². The standard InChI is InChI=1S/C14H14FNO2/c1-9-7-11(3-5-13(9)15)18-12-4-6-14(10(2)17)16-8-12/h3-8,10,17H,1-2H3. The number of pyridine rings is 1. The SMILES string of the molecule is Cc1cc(Oc2ccc(C(C)O)nc2)ccc1F. The molecule has 1 atom stereocenters. The lowest BCUT2D eigenvalue weighted by atomic mass is 10.2. The highest BCUT2D eigenvalue weighted by Gasteiger charge is 2.04. The van der Waals surface area contributed by atoms with Crippen LogP contribution in [0, 0.1) is 12.7 Å². The quantitative estimate of drug-likeness (QED) is 0.904. The number of nitrogens with zero attached hydrogens (tertiary/aromatic N) is 1. The largest absolute Gasteiger partial charge is 0.456 e. The van der Waals surface area contributed by atoms with Gasteiger partial charge in [0.25, 0.3) is 0 Å². The summed E-state index contributed by atoms with van der Waals surface area (Å²) < 4.78 is 18.6. The number of aliphatic hydroxyl groups excluding tert-OH is 1. The molecule has 3 nitrogen and oxygen atoms in total. The second kappa shape index (κ2) is 5.14. The number of aliphatic hydroxyl groups is 1. The average molecular weight is 247 g/mol. The summed E-state index contributed by atoms with van der Waals surface area (Å²) in [4.78, 5) is 4.07. The van der Waals surface area contributed by atoms with Crippen LogP contribution in [0.5, 0.6) is 11.5 Å². The van der Waals surface area contributed by atoms with E-state index in [1.807, 2.05) is 0 Å². The number of ether oxygens (including phenoxy) is 1. The van der Waals surface area contributed by atoms with Gasteiger partial charge in [0.05, 0.1) is 18.0 Å². The molecule has 0 radical (unpaired) electrons. The van der Waals surface area contributed by atoms with Crippen molar-refractivity contribution in [2.45, 2.75) is 20.0 Å². The average Bonchev–Trinajstić information content (AvgIpc) is 2.34. The molecule has 18 heavy (non-hydrogen) atoms. The van der Waals surface area contributed by atoms with Gasteiger partial charge in [0.2, 0.25) is 0 Å². The highest BCUT2D eigenvalue weighted by molar-refractivity contribution is 5.33. The summed E-state index contributed by atoms with van der Waals surface area (Å²) in [6.07, 6.45) is 0.924. The Morgan fingerprint density at radius 2 is 1.94 bits per heavy atom. The van der Waals surface area contributed by atoms with E-state index in [1.165, 1.54) is 12.3 Å². The second-order valence-electron chi connectivity index (χ2n) is 4.11. The molecule has 0 aliphatic carbocycles. The third kappa shape index (κ3) is 2.84. The fraction of sp³-hybridized carbons (Fsp3) is 0.214. The van der Waals surface area contributed by atoms with Crippen molar-refractivity contribution in [3.05, 3.63) is 53.6 Å². The Morgan fingerprint density at radius 1 is 1.22 bits per heavy atom. The van der Waals surface area contributed by atoms with Gasteiger partial charge < -0.3 is 9.84 Å². The molecular formula is C14H14FNO2. The minimum absolute atomic E-state index is 0.259. The fourth-order valence-electron chi connectivity index (χ4n) is 1.52. The first-order valence-electron chi connectivity index (χ1n) is 5.64. The van der Waals surface area contributed by atoms with Crippen molar-refractivity contribution < 1.29 is 14.2 Å². The molecule has 0 amide bonds. The van der Waals surface area contributed by atoms with E-state index in [4.69, 9.17) is 4.74 Å². The molecule has 0 fully saturated rings. The molecule has 0 aliphatic rings. The minimum atomic E-state index is -0.605. The zero-order valence-corrected chi connectivity index (χ0v) is 10.2. The smallest absolute Gasteiger partial charge is 0.145 e. The Kier molecular flexibility index (Phi) is 3.58. The third-order valence-corrected chi connectivity index (χ3v) is 2.55. The van der Waals surface area contributed by atoms with Crippen LogP contribution in [0.4, 0.5) is 4.39 Å². The van der Waals surface area contributed by atoms with Crippen molar-refractivity contribution >= 4 is 0 Å². The Bertz CT molecular complexity index is 538. The van der Waals surface area contributed by atoms with Gasteiger partial charge in [0.15, 0.2) is 0 Å². The van der Waals surface area contributed by atoms with E-state index in [2.05, 4.69) is 4.98 Å². The van der Waals surface area contributed by atoms with Crippen LogP contribution in [0.25, 0.3) is 0 Å². The van der Waals surface area contributed by atoms with Crippen molar-refractivity contribution in [1.29, 1.82) is 0 Å². The Balaban J connectivity index is 2.15. The summed E-state index contributed by atoms with van der Waals surface area (Å²) in [7, 11) is 0. The topological polar surface area (TPSA) is 42.4 Å². The van der Waals surface area contributed by atoms with Gasteiger partial charge in [-0.05, 0) is 49.7 Å². The van der Waals surface area contributed by atoms with E-state index in [-0.39, 0.29) is 5.82 Å². The Labute approximate surface area is 105 Å². The first-order valence-corrected chi connectivity index (χ1v) is 5.64. The summed E-state index contributed by atoms with van der Waals surface area (Å²) >= 11 is 0. The zero-order chi connectivity index (χ0) is 13.1. The van der Waals surface area contributed by atoms with Crippen molar-refractivity contribution in [2.24, 2.45) is 0 Å². The highest BCUT2D eigenvalue weighted by atomic mass is 19.1. The number of halogens is 1. The molecule has 0 spiro atoms. The molecule has 0 saturated heterocycles. The van der Waals surface area contributed by atoms with Gasteiger partial charge in [-0.2, -0.15) is 0 Å². The van der Waals surface area contributed by atoms with Crippen LogP contribution < -0.4 is 4.74 Å². The molecule has 0 bridgehead atoms. The summed E-state index contributed by atoms with van der Waals surface area (Å²) in [6.45, 7) is 3.32. The van der Waals surface area contributed by atoms with Gasteiger partial charge in [-0.15, -0.1) is 0 Å². The van der Waals surface area contributed by atoms with Crippen LogP contribution in [0.1, 0.15) is 24.3 Å². The Morgan fingerprint density at radius 3 is 2.50 bits per heavy atom. The molecule has 1 aromatic heterocycles. The van der Waals surface area contributed by atoms with Crippen molar-refractivity contribution in [2.75, 3.05) is 0 Å². The Hall–Kier alpha value is -1.94. The molecule has 1 aromatic carbocycles. The van der Waals surface area contributed by atoms with Crippen molar-refractivity contribution in [1.82, 2.24) is 4.98 Å². The van der Waals surface area contributed by atoms with Crippen LogP contribution in [0.3, 0.4) is 0 Å². The molecule has 1 unspecified atom stereocenters. The van der Waals surface area contributed by atoms with Gasteiger partial charge in [-0.1, -0.05) is 0 Å². The zero-order valence-electron chi connectivity index (χ0n) is 10.2. The normalized spacial score (nSPS) is 12.2. The first kappa shape index (κ1) is 12.5. The maximum atomic E-state index is 13.1. The lowest BCUT2D eigenvalue weighted by molar-refractivity contribution is 0.194. The number of hydrogen-bond acceptors (Lipinski definition) is 3. The maximum Gasteiger partial charge on any atom is 0.145 e. The molecule has 1 heterocycles. The van der Waals surface area contributed by atoms with Gasteiger partial charge in [-0.3, -0.25) is 4.98 Å². The van der Waals surface area contributed by atoms with Crippen molar-refractivity contribution in [3.8, 4) is 11.5 Å². The third-order valence-electron chi connectivity index (χ3n) is 2.55. The summed E-state index contributed by atoms with van der Waals surface area (Å²) in [5.74, 6) is 0.843. The van der Waals surface area contributed by atoms with E-state index >= 15 is 0 Å². The van der Waals surface area contributed by atoms with Crippen LogP contribution in [-0.4, -0.2) is 10.1 Å². The van der Waals surface area contributed by atoms with Crippen LogP contribution in [0.2, 0.25) is 0 Å². The fourth-order valence-corrected chi connectivity index (χ4v) is 1.52. The predicted octanol–water partition coefficient (Wildman–Crippen LogP) is 3.37. The number of aryl methyl sites for hydroxylation is 1. The number of aromatic nitrogens is 1. The summed E-state index contributed by atoms with van der Waals surface area (Å²) in [5, 5.41) is 9.33. The van der Waals surface area contributed by atoms with E-state index in [9.17, 15) is 9.50 Å². The molecule has 0 saturated carbocycles. The predicted molar refractivity (Wildman–Crippen MR) is 66.1 cm³/mol. The highest BCUT2D eigenvalue weighted by Crippen LogP contribution is 2.23. The number of hydrogen-bond donors (Lipinski definition) is 1. The molecule has 0 aliphatic heterocycles. The minimum Gasteiger partial charge on any atom is -0.456 e. The first-order chi connectivity index (χ1) is 8.56. The van der Waals surface area contributed by atoms with Crippen LogP contribution in [-0.2, 0) is 0 Å². The molecule has 94 valence electrons. The van der Waals surface area contributed by atoms with E-state index in [0.717, 1.165) is 0 Å². The molecule has 1 N–H and O–H groups in total. The monoisotopic (exact) mass is 247 g/mol. The molecule has 2 rings (SSSR count). The van der Waals surface area contributed by atoms with Gasteiger partial charge in [0, 0.05) is 0 Å². The van der Waals surface area contributed by atoms with Crippen molar-refractivity contribution in [3.63, 3.8) is 0 Å². The lowest BCUT2D eigenvalue weighted by Crippen LogP contribution is -1.95.